The standard InChI is InChI=1S/C23H30N2O5S/c1-3-15-29-21-11-10-20(18-22(21)30-16-4-2)25-23(26)12-14-24-31(27,28)17-13-19-8-6-5-7-9-19/h5-11,13,17-18,24H,3-4,12,14-16H2,1-2H3,(H,25,26)/b17-13+. The van der Waals surface area contributed by atoms with Crippen molar-refractivity contribution in [3.8, 4) is 11.5 Å². The number of carbonyl (C=O) groups is 1. The summed E-state index contributed by atoms with van der Waals surface area (Å²) in [5, 5.41) is 3.85. The highest BCUT2D eigenvalue weighted by Crippen LogP contribution is 2.31. The van der Waals surface area contributed by atoms with E-state index < -0.39 is 10.0 Å². The van der Waals surface area contributed by atoms with Gasteiger partial charge in [-0.25, -0.2) is 13.1 Å². The van der Waals surface area contributed by atoms with Crippen LogP contribution in [0.15, 0.2) is 53.9 Å². The molecule has 0 aliphatic carbocycles. The van der Waals surface area contributed by atoms with Crippen molar-refractivity contribution < 1.29 is 22.7 Å². The monoisotopic (exact) mass is 446 g/mol. The third-order valence-electron chi connectivity index (χ3n) is 4.05. The SMILES string of the molecule is CCCOc1ccc(NC(=O)CCNS(=O)(=O)/C=C/c2ccccc2)cc1OCCC. The average molecular weight is 447 g/mol. The Morgan fingerprint density at radius 3 is 2.32 bits per heavy atom. The lowest BCUT2D eigenvalue weighted by atomic mass is 10.2. The Hall–Kier alpha value is -2.84. The molecule has 0 aliphatic rings. The van der Waals surface area contributed by atoms with E-state index in [9.17, 15) is 13.2 Å². The van der Waals surface area contributed by atoms with Crippen molar-refractivity contribution in [1.82, 2.24) is 4.72 Å². The number of amides is 1. The summed E-state index contributed by atoms with van der Waals surface area (Å²) >= 11 is 0. The molecule has 0 aliphatic heterocycles. The van der Waals surface area contributed by atoms with Crippen LogP contribution >= 0.6 is 0 Å². The number of nitrogens with one attached hydrogen (secondary N) is 2. The molecule has 2 N–H and O–H groups in total. The first-order valence-corrected chi connectivity index (χ1v) is 11.9. The Balaban J connectivity index is 1.88. The van der Waals surface area contributed by atoms with Crippen LogP contribution in [-0.4, -0.2) is 34.1 Å². The molecule has 31 heavy (non-hydrogen) atoms. The fourth-order valence-corrected chi connectivity index (χ4v) is 3.37. The van der Waals surface area contributed by atoms with Gasteiger partial charge in [-0.1, -0.05) is 44.2 Å². The van der Waals surface area contributed by atoms with Gasteiger partial charge < -0.3 is 14.8 Å². The van der Waals surface area contributed by atoms with Gasteiger partial charge in [-0.3, -0.25) is 4.79 Å². The molecule has 0 unspecified atom stereocenters. The van der Waals surface area contributed by atoms with Gasteiger partial charge in [-0.05, 0) is 36.6 Å². The van der Waals surface area contributed by atoms with Crippen molar-refractivity contribution >= 4 is 27.7 Å². The van der Waals surface area contributed by atoms with Crippen LogP contribution in [0, 0.1) is 0 Å². The Morgan fingerprint density at radius 1 is 0.968 bits per heavy atom. The van der Waals surface area contributed by atoms with E-state index in [0.717, 1.165) is 23.8 Å². The van der Waals surface area contributed by atoms with Crippen LogP contribution in [0.2, 0.25) is 0 Å². The molecule has 0 saturated carbocycles. The molecule has 2 rings (SSSR count). The average Bonchev–Trinajstić information content (AvgIpc) is 2.76. The maximum Gasteiger partial charge on any atom is 0.233 e. The van der Waals surface area contributed by atoms with Gasteiger partial charge >= 0.3 is 0 Å². The molecule has 168 valence electrons. The molecule has 2 aromatic rings. The highest BCUT2D eigenvalue weighted by molar-refractivity contribution is 7.92. The summed E-state index contributed by atoms with van der Waals surface area (Å²) in [7, 11) is -3.63. The Labute approximate surface area is 184 Å². The molecule has 0 aromatic heterocycles. The predicted molar refractivity (Wildman–Crippen MR) is 124 cm³/mol. The van der Waals surface area contributed by atoms with E-state index in [1.807, 2.05) is 32.0 Å². The van der Waals surface area contributed by atoms with Crippen molar-refractivity contribution in [1.29, 1.82) is 0 Å². The summed E-state index contributed by atoms with van der Waals surface area (Å²) in [6.07, 6.45) is 3.23. The summed E-state index contributed by atoms with van der Waals surface area (Å²) in [5.74, 6) is 0.893. The first-order chi connectivity index (χ1) is 14.9. The number of anilines is 1. The second-order valence-corrected chi connectivity index (χ2v) is 8.46. The molecular formula is C23H30N2O5S. The zero-order valence-corrected chi connectivity index (χ0v) is 18.8. The second-order valence-electron chi connectivity index (χ2n) is 6.81. The van der Waals surface area contributed by atoms with E-state index in [-0.39, 0.29) is 18.9 Å². The summed E-state index contributed by atoms with van der Waals surface area (Å²) in [6, 6.07) is 14.3. The van der Waals surface area contributed by atoms with E-state index in [0.29, 0.717) is 30.4 Å². The van der Waals surface area contributed by atoms with Crippen molar-refractivity contribution in [3.05, 3.63) is 59.5 Å². The van der Waals surface area contributed by atoms with Gasteiger partial charge in [0.15, 0.2) is 11.5 Å². The number of hydrogen-bond acceptors (Lipinski definition) is 5. The molecule has 2 aromatic carbocycles. The van der Waals surface area contributed by atoms with Crippen LogP contribution < -0.4 is 19.5 Å². The summed E-state index contributed by atoms with van der Waals surface area (Å²) < 4.78 is 37.9. The highest BCUT2D eigenvalue weighted by Gasteiger charge is 2.11. The Morgan fingerprint density at radius 2 is 1.65 bits per heavy atom. The maximum absolute atomic E-state index is 12.2. The van der Waals surface area contributed by atoms with E-state index in [1.165, 1.54) is 6.08 Å². The van der Waals surface area contributed by atoms with Crippen LogP contribution in [0.1, 0.15) is 38.7 Å². The lowest BCUT2D eigenvalue weighted by Gasteiger charge is -2.14. The van der Waals surface area contributed by atoms with Crippen molar-refractivity contribution in [2.45, 2.75) is 33.1 Å². The molecule has 1 amide bonds. The predicted octanol–water partition coefficient (Wildman–Crippen LogP) is 4.18. The van der Waals surface area contributed by atoms with Crippen molar-refractivity contribution in [3.63, 3.8) is 0 Å². The third kappa shape index (κ3) is 9.23. The smallest absolute Gasteiger partial charge is 0.233 e. The summed E-state index contributed by atoms with van der Waals surface area (Å²) in [5.41, 5.74) is 1.34. The molecule has 0 fully saturated rings. The van der Waals surface area contributed by atoms with Gasteiger partial charge in [-0.15, -0.1) is 0 Å². The van der Waals surface area contributed by atoms with Gasteiger partial charge in [0.25, 0.3) is 0 Å². The first-order valence-electron chi connectivity index (χ1n) is 10.4. The number of hydrogen-bond donors (Lipinski definition) is 2. The fraction of sp³-hybridized carbons (Fsp3) is 0.348. The topological polar surface area (TPSA) is 93.7 Å². The van der Waals surface area contributed by atoms with E-state index in [2.05, 4.69) is 10.0 Å². The van der Waals surface area contributed by atoms with Gasteiger partial charge in [0, 0.05) is 30.1 Å². The molecule has 0 atom stereocenters. The lowest BCUT2D eigenvalue weighted by molar-refractivity contribution is -0.116. The molecule has 0 bridgehead atoms. The molecule has 0 radical (unpaired) electrons. The van der Waals surface area contributed by atoms with E-state index in [1.54, 1.807) is 30.3 Å². The highest BCUT2D eigenvalue weighted by atomic mass is 32.2. The van der Waals surface area contributed by atoms with Crippen LogP contribution in [0.3, 0.4) is 0 Å². The third-order valence-corrected chi connectivity index (χ3v) is 5.15. The number of benzene rings is 2. The van der Waals surface area contributed by atoms with Crippen LogP contribution in [0.5, 0.6) is 11.5 Å². The maximum atomic E-state index is 12.2. The molecular weight excluding hydrogens is 416 g/mol. The largest absolute Gasteiger partial charge is 0.490 e. The van der Waals surface area contributed by atoms with Gasteiger partial charge in [0.1, 0.15) is 0 Å². The minimum absolute atomic E-state index is 0.00234. The Bertz CT molecular complexity index is 959. The van der Waals surface area contributed by atoms with Crippen LogP contribution in [-0.2, 0) is 14.8 Å². The van der Waals surface area contributed by atoms with Gasteiger partial charge in [-0.2, -0.15) is 0 Å². The van der Waals surface area contributed by atoms with Crippen LogP contribution in [0.4, 0.5) is 5.69 Å². The number of ether oxygens (including phenoxy) is 2. The van der Waals surface area contributed by atoms with E-state index in [4.69, 9.17) is 9.47 Å². The van der Waals surface area contributed by atoms with Crippen molar-refractivity contribution in [2.75, 3.05) is 25.1 Å². The molecule has 0 heterocycles. The lowest BCUT2D eigenvalue weighted by Crippen LogP contribution is -2.26. The molecule has 0 saturated heterocycles. The number of carbonyl (C=O) groups excluding carboxylic acids is 1. The Kier molecular flexibility index (Phi) is 10.1. The van der Waals surface area contributed by atoms with E-state index >= 15 is 0 Å². The minimum atomic E-state index is -3.63. The minimum Gasteiger partial charge on any atom is -0.490 e. The first kappa shape index (κ1) is 24.4. The van der Waals surface area contributed by atoms with Crippen LogP contribution in [0.25, 0.3) is 6.08 Å². The summed E-state index contributed by atoms with van der Waals surface area (Å²) in [4.78, 5) is 12.2. The number of rotatable bonds is 13. The normalized spacial score (nSPS) is 11.4. The quantitative estimate of drug-likeness (QED) is 0.481. The molecule has 0 spiro atoms. The fourth-order valence-electron chi connectivity index (χ4n) is 2.55. The summed E-state index contributed by atoms with van der Waals surface area (Å²) in [6.45, 7) is 5.14. The van der Waals surface area contributed by atoms with Gasteiger partial charge in [0.05, 0.1) is 13.2 Å². The zero-order valence-electron chi connectivity index (χ0n) is 18.0. The molecule has 7 nitrogen and oxygen atoms in total. The van der Waals surface area contributed by atoms with Crippen molar-refractivity contribution in [2.24, 2.45) is 0 Å². The second kappa shape index (κ2) is 12.8. The number of sulfonamides is 1. The zero-order chi connectivity index (χ0) is 22.5. The molecule has 8 heteroatoms. The van der Waals surface area contributed by atoms with Gasteiger partial charge in [0.2, 0.25) is 15.9 Å².